The van der Waals surface area contributed by atoms with E-state index in [1.54, 1.807) is 48.4 Å². The van der Waals surface area contributed by atoms with E-state index in [0.717, 1.165) is 18.7 Å². The molecule has 0 aliphatic heterocycles. The number of allylic oxidation sites excluding steroid dienone is 1. The third kappa shape index (κ3) is 9.79. The lowest BCUT2D eigenvalue weighted by Crippen LogP contribution is -2.33. The van der Waals surface area contributed by atoms with E-state index in [4.69, 9.17) is 16.6 Å². The van der Waals surface area contributed by atoms with E-state index in [1.165, 1.54) is 10.5 Å². The van der Waals surface area contributed by atoms with Gasteiger partial charge in [-0.3, -0.25) is 24.2 Å². The number of anilines is 3. The van der Waals surface area contributed by atoms with E-state index in [0.29, 0.717) is 47.8 Å². The van der Waals surface area contributed by atoms with E-state index in [-0.39, 0.29) is 11.8 Å². The van der Waals surface area contributed by atoms with Crippen LogP contribution in [0.4, 0.5) is 21.5 Å². The number of carbonyl (C=O) groups is 2. The molecule has 0 saturated carbocycles. The zero-order chi connectivity index (χ0) is 30.3. The normalized spacial score (nSPS) is 12.0. The molecule has 2 amide bonds. The van der Waals surface area contributed by atoms with Crippen LogP contribution in [0.1, 0.15) is 12.0 Å². The standard InChI is InChI=1S/C30H34ClFN8O2/c1-33-18-24(14-16-38(2)19-23-9-5-4-6-10-23)30(35-21-34-27-20-39(3)37-29(27)31)40(22-41)26-12-7-11-25(17-26)36-28(42)13-8-15-32/h4-13,17-18,20,22,34H,1,14-16,19,21H2,2-3H3,(H,36,42)/b13-8+,24-18-,35-30+. The number of aromatic nitrogens is 2. The number of carbonyl (C=O) groups excluding carboxylic acids is 2. The molecule has 0 radical (unpaired) electrons. The fourth-order valence-electron chi connectivity index (χ4n) is 4.04. The minimum atomic E-state index is -0.752. The molecule has 3 rings (SSSR count). The van der Waals surface area contributed by atoms with Gasteiger partial charge in [0, 0.05) is 49.9 Å². The maximum atomic E-state index is 12.6. The number of nitrogens with zero attached hydrogens (tertiary/aromatic N) is 6. The summed E-state index contributed by atoms with van der Waals surface area (Å²) in [6.07, 6.45) is 6.66. The molecule has 0 spiro atoms. The van der Waals surface area contributed by atoms with E-state index in [1.807, 2.05) is 25.2 Å². The molecule has 1 heterocycles. The van der Waals surface area contributed by atoms with Gasteiger partial charge in [0.15, 0.2) is 5.15 Å². The van der Waals surface area contributed by atoms with Crippen LogP contribution < -0.4 is 15.5 Å². The van der Waals surface area contributed by atoms with Crippen molar-refractivity contribution in [1.29, 1.82) is 0 Å². The van der Waals surface area contributed by atoms with Crippen LogP contribution in [-0.4, -0.2) is 66.5 Å². The number of aryl methyl sites for hydroxylation is 1. The summed E-state index contributed by atoms with van der Waals surface area (Å²) < 4.78 is 14.0. The molecular formula is C30H34ClFN8O2. The van der Waals surface area contributed by atoms with Crippen LogP contribution in [0.5, 0.6) is 0 Å². The van der Waals surface area contributed by atoms with Gasteiger partial charge in [0.2, 0.25) is 12.3 Å². The first-order valence-corrected chi connectivity index (χ1v) is 13.5. The molecule has 0 aliphatic carbocycles. The van der Waals surface area contributed by atoms with Crippen LogP contribution in [0, 0.1) is 0 Å². The third-order valence-corrected chi connectivity index (χ3v) is 6.24. The highest BCUT2D eigenvalue weighted by molar-refractivity contribution is 6.32. The van der Waals surface area contributed by atoms with Gasteiger partial charge in [-0.2, -0.15) is 5.10 Å². The Hall–Kier alpha value is -4.61. The first kappa shape index (κ1) is 31.9. The fraction of sp³-hybridized carbons (Fsp3) is 0.233. The molecule has 1 aromatic heterocycles. The van der Waals surface area contributed by atoms with Crippen molar-refractivity contribution in [3.63, 3.8) is 0 Å². The second kappa shape index (κ2) is 16.6. The Balaban J connectivity index is 1.90. The van der Waals surface area contributed by atoms with Crippen LogP contribution in [0.25, 0.3) is 0 Å². The molecule has 42 heavy (non-hydrogen) atoms. The number of benzene rings is 2. The minimum absolute atomic E-state index is 0.0733. The molecule has 0 unspecified atom stereocenters. The number of rotatable bonds is 15. The van der Waals surface area contributed by atoms with Crippen LogP contribution in [0.3, 0.4) is 0 Å². The van der Waals surface area contributed by atoms with E-state index in [9.17, 15) is 14.0 Å². The Bertz CT molecular complexity index is 1440. The maximum Gasteiger partial charge on any atom is 0.248 e. The predicted octanol–water partition coefficient (Wildman–Crippen LogP) is 5.08. The van der Waals surface area contributed by atoms with Crippen molar-refractivity contribution in [1.82, 2.24) is 14.7 Å². The molecule has 2 N–H and O–H groups in total. The molecule has 0 aliphatic rings. The monoisotopic (exact) mass is 592 g/mol. The molecule has 0 atom stereocenters. The number of aliphatic imine (C=N–C) groups is 2. The summed E-state index contributed by atoms with van der Waals surface area (Å²) in [5, 5.41) is 10.2. The summed E-state index contributed by atoms with van der Waals surface area (Å²) in [4.78, 5) is 36.9. The van der Waals surface area contributed by atoms with Gasteiger partial charge in [0.05, 0.1) is 11.4 Å². The summed E-state index contributed by atoms with van der Waals surface area (Å²) in [7, 11) is 3.76. The largest absolute Gasteiger partial charge is 0.362 e. The van der Waals surface area contributed by atoms with Gasteiger partial charge < -0.3 is 15.5 Å². The smallest absolute Gasteiger partial charge is 0.248 e. The lowest BCUT2D eigenvalue weighted by atomic mass is 10.1. The molecular weight excluding hydrogens is 559 g/mol. The Labute approximate surface area is 249 Å². The van der Waals surface area contributed by atoms with Crippen LogP contribution in [0.2, 0.25) is 5.15 Å². The number of nitrogens with one attached hydrogen (secondary N) is 2. The lowest BCUT2D eigenvalue weighted by molar-refractivity contribution is -0.112. The quantitative estimate of drug-likeness (QED) is 0.111. The number of hydrogen-bond donors (Lipinski definition) is 2. The van der Waals surface area contributed by atoms with E-state index >= 15 is 0 Å². The number of amidine groups is 1. The SMILES string of the molecule is C=N/C=C(CCN(C)Cc1ccccc1)\C(=N/CNc1cn(C)nc1Cl)N(C=O)c1cccc(NC(=O)/C=C/CF)c1. The Morgan fingerprint density at radius 2 is 2.00 bits per heavy atom. The van der Waals surface area contributed by atoms with Gasteiger partial charge in [-0.05, 0) is 50.0 Å². The van der Waals surface area contributed by atoms with Crippen molar-refractivity contribution < 1.29 is 14.0 Å². The van der Waals surface area contributed by atoms with E-state index < -0.39 is 12.6 Å². The van der Waals surface area contributed by atoms with Crippen molar-refractivity contribution in [2.24, 2.45) is 17.0 Å². The summed E-state index contributed by atoms with van der Waals surface area (Å²) >= 11 is 6.19. The van der Waals surface area contributed by atoms with Crippen molar-refractivity contribution in [3.8, 4) is 0 Å². The van der Waals surface area contributed by atoms with Crippen LogP contribution in [-0.2, 0) is 23.2 Å². The number of amides is 2. The molecule has 220 valence electrons. The van der Waals surface area contributed by atoms with Crippen LogP contribution in [0.15, 0.2) is 94.7 Å². The lowest BCUT2D eigenvalue weighted by Gasteiger charge is -2.24. The topological polar surface area (TPSA) is 107 Å². The summed E-state index contributed by atoms with van der Waals surface area (Å²) in [5.41, 5.74) is 3.29. The molecule has 0 saturated heterocycles. The average molecular weight is 593 g/mol. The van der Waals surface area contributed by atoms with Crippen molar-refractivity contribution in [2.45, 2.75) is 13.0 Å². The second-order valence-electron chi connectivity index (χ2n) is 9.21. The third-order valence-electron chi connectivity index (χ3n) is 5.96. The van der Waals surface area contributed by atoms with Crippen LogP contribution >= 0.6 is 11.6 Å². The molecule has 10 nitrogen and oxygen atoms in total. The van der Waals surface area contributed by atoms with E-state index in [2.05, 4.69) is 44.5 Å². The number of alkyl halides is 1. The van der Waals surface area contributed by atoms with Crippen molar-refractivity contribution in [3.05, 3.63) is 95.4 Å². The highest BCUT2D eigenvalue weighted by atomic mass is 35.5. The van der Waals surface area contributed by atoms with Gasteiger partial charge in [0.1, 0.15) is 19.2 Å². The maximum absolute atomic E-state index is 12.6. The summed E-state index contributed by atoms with van der Waals surface area (Å²) in [6, 6.07) is 16.8. The zero-order valence-electron chi connectivity index (χ0n) is 23.6. The van der Waals surface area contributed by atoms with Gasteiger partial charge in [0.25, 0.3) is 0 Å². The molecule has 12 heteroatoms. The minimum Gasteiger partial charge on any atom is -0.362 e. The molecule has 2 aromatic carbocycles. The molecule has 0 fully saturated rings. The first-order chi connectivity index (χ1) is 20.3. The Kier molecular flexibility index (Phi) is 12.6. The Morgan fingerprint density at radius 1 is 1.21 bits per heavy atom. The van der Waals surface area contributed by atoms with Gasteiger partial charge in [-0.1, -0.05) is 48.0 Å². The molecule has 0 bridgehead atoms. The zero-order valence-corrected chi connectivity index (χ0v) is 24.3. The highest BCUT2D eigenvalue weighted by Crippen LogP contribution is 2.23. The summed E-state index contributed by atoms with van der Waals surface area (Å²) in [5.74, 6) is -0.161. The number of hydrogen-bond acceptors (Lipinski definition) is 7. The first-order valence-electron chi connectivity index (χ1n) is 13.1. The molecule has 3 aromatic rings. The van der Waals surface area contributed by atoms with Gasteiger partial charge >= 0.3 is 0 Å². The van der Waals surface area contributed by atoms with Crippen molar-refractivity contribution >= 4 is 53.5 Å². The predicted molar refractivity (Wildman–Crippen MR) is 168 cm³/mol. The Morgan fingerprint density at radius 3 is 2.67 bits per heavy atom. The second-order valence-corrected chi connectivity index (χ2v) is 9.56. The van der Waals surface area contributed by atoms with Gasteiger partial charge in [-0.15, -0.1) is 0 Å². The summed E-state index contributed by atoms with van der Waals surface area (Å²) in [6.45, 7) is 4.32. The highest BCUT2D eigenvalue weighted by Gasteiger charge is 2.19. The van der Waals surface area contributed by atoms with Gasteiger partial charge in [-0.25, -0.2) is 9.38 Å². The van der Waals surface area contributed by atoms with Crippen molar-refractivity contribution in [2.75, 3.05) is 42.5 Å². The number of halogens is 2. The fourth-order valence-corrected chi connectivity index (χ4v) is 4.28. The average Bonchev–Trinajstić information content (AvgIpc) is 3.30.